The summed E-state index contributed by atoms with van der Waals surface area (Å²) < 4.78 is 31.5. The van der Waals surface area contributed by atoms with Crippen LogP contribution in [0, 0.1) is 18.7 Å². The molecule has 3 fully saturated rings. The second kappa shape index (κ2) is 11.9. The Kier molecular flexibility index (Phi) is 7.78. The molecule has 3 aliphatic rings. The lowest BCUT2D eigenvalue weighted by Crippen LogP contribution is -2.45. The minimum absolute atomic E-state index is 0.0563. The fraction of sp³-hybridized carbons (Fsp3) is 0.467. The van der Waals surface area contributed by atoms with Crippen LogP contribution in [0.5, 0.6) is 11.8 Å². The van der Waals surface area contributed by atoms with E-state index in [1.54, 1.807) is 6.92 Å². The minimum atomic E-state index is -0.835. The molecule has 16 heteroatoms. The molecule has 0 spiro atoms. The number of aryl methyl sites for hydroxylation is 1. The van der Waals surface area contributed by atoms with Gasteiger partial charge < -0.3 is 35.1 Å². The van der Waals surface area contributed by atoms with Gasteiger partial charge in [-0.25, -0.2) is 19.2 Å². The van der Waals surface area contributed by atoms with Crippen molar-refractivity contribution < 1.29 is 28.2 Å². The molecule has 4 N–H and O–H groups in total. The molecular weight excluding hydrogens is 599 g/mol. The summed E-state index contributed by atoms with van der Waals surface area (Å²) in [5, 5.41) is 4.28. The van der Waals surface area contributed by atoms with E-state index >= 15 is 4.39 Å². The van der Waals surface area contributed by atoms with Crippen LogP contribution in [0.2, 0.25) is 0 Å². The van der Waals surface area contributed by atoms with E-state index in [1.165, 1.54) is 31.6 Å². The van der Waals surface area contributed by atoms with Crippen molar-refractivity contribution in [3.63, 3.8) is 0 Å². The lowest BCUT2D eigenvalue weighted by atomic mass is 10.1. The molecule has 46 heavy (non-hydrogen) atoms. The molecule has 2 aliphatic heterocycles. The number of nitrogens with two attached hydrogens (primary N) is 1. The molecule has 242 valence electrons. The SMILES string of the molecule is Cc1ncc(Oc2nc(N3C4[C@@H](C)[C@H](N)C[C@@H]43)c3c(n2)[nH]c2c(N(C)C(=O)OCOC(=O)CN4CCNCC4)cc(F)cc23)cn1. The number of piperidine rings is 1. The summed E-state index contributed by atoms with van der Waals surface area (Å²) in [7, 11) is 1.45. The molecule has 4 aromatic rings. The Hall–Kier alpha value is -4.67. The highest BCUT2D eigenvalue weighted by Gasteiger charge is 2.59. The number of hydrogen-bond acceptors (Lipinski definition) is 13. The number of benzene rings is 1. The van der Waals surface area contributed by atoms with Crippen LogP contribution in [0.1, 0.15) is 19.2 Å². The Morgan fingerprint density at radius 1 is 1.15 bits per heavy atom. The summed E-state index contributed by atoms with van der Waals surface area (Å²) in [6.07, 6.45) is 3.03. The zero-order valence-electron chi connectivity index (χ0n) is 25.7. The van der Waals surface area contributed by atoms with Crippen molar-refractivity contribution in [1.29, 1.82) is 0 Å². The Bertz CT molecular complexity index is 1800. The molecule has 1 saturated carbocycles. The van der Waals surface area contributed by atoms with Crippen LogP contribution < -0.4 is 25.6 Å². The maximum Gasteiger partial charge on any atom is 0.416 e. The van der Waals surface area contributed by atoms with Gasteiger partial charge >= 0.3 is 18.1 Å². The van der Waals surface area contributed by atoms with E-state index in [-0.39, 0.29) is 42.3 Å². The molecule has 2 saturated heterocycles. The topological polar surface area (TPSA) is 177 Å². The molecule has 0 bridgehead atoms. The predicted octanol–water partition coefficient (Wildman–Crippen LogP) is 2.04. The zero-order valence-corrected chi connectivity index (χ0v) is 25.7. The summed E-state index contributed by atoms with van der Waals surface area (Å²) >= 11 is 0. The third kappa shape index (κ3) is 5.63. The summed E-state index contributed by atoms with van der Waals surface area (Å²) in [6, 6.07) is 3.09. The van der Waals surface area contributed by atoms with Crippen molar-refractivity contribution in [3.8, 4) is 11.8 Å². The standard InChI is InChI=1S/C30H35FN10O5/c1-15-20(32)10-22-26(15)41(22)28-24-19-8-17(31)9-21(39(3)30(43)45-14-44-23(42)13-40-6-4-33-5-7-40)25(19)36-27(24)37-29(38-28)46-18-11-34-16(2)35-12-18/h8-9,11-12,15,20,22,26,33H,4-7,10,13-14,32H2,1-3H3,(H,36,37,38)/t15-,20+,22-,26?,41?/m0/s1. The number of aromatic nitrogens is 5. The van der Waals surface area contributed by atoms with E-state index in [4.69, 9.17) is 24.9 Å². The van der Waals surface area contributed by atoms with Gasteiger partial charge in [-0.05, 0) is 31.4 Å². The van der Waals surface area contributed by atoms with Crippen LogP contribution in [0.3, 0.4) is 0 Å². The van der Waals surface area contributed by atoms with Crippen molar-refractivity contribution in [2.45, 2.75) is 38.4 Å². The molecule has 1 aliphatic carbocycles. The second-order valence-electron chi connectivity index (χ2n) is 11.9. The largest absolute Gasteiger partial charge is 0.427 e. The van der Waals surface area contributed by atoms with E-state index < -0.39 is 24.7 Å². The first-order valence-electron chi connectivity index (χ1n) is 15.2. The van der Waals surface area contributed by atoms with Gasteiger partial charge in [0.15, 0.2) is 5.75 Å². The van der Waals surface area contributed by atoms with Gasteiger partial charge in [0.05, 0.1) is 47.6 Å². The van der Waals surface area contributed by atoms with Crippen molar-refractivity contribution in [1.82, 2.24) is 35.1 Å². The number of ether oxygens (including phenoxy) is 3. The maximum atomic E-state index is 15.2. The molecule has 5 heterocycles. The third-order valence-electron chi connectivity index (χ3n) is 8.99. The normalized spacial score (nSPS) is 22.6. The number of halogens is 1. The smallest absolute Gasteiger partial charge is 0.416 e. The monoisotopic (exact) mass is 634 g/mol. The number of carbonyl (C=O) groups excluding carboxylic acids is 2. The highest BCUT2D eigenvalue weighted by atomic mass is 19.1. The fourth-order valence-electron chi connectivity index (χ4n) is 6.48. The van der Waals surface area contributed by atoms with Crippen molar-refractivity contribution in [2.75, 3.05) is 56.4 Å². The summed E-state index contributed by atoms with van der Waals surface area (Å²) in [4.78, 5) is 51.5. The summed E-state index contributed by atoms with van der Waals surface area (Å²) in [5.74, 6) is 0.678. The van der Waals surface area contributed by atoms with Gasteiger partial charge in [-0.3, -0.25) is 14.6 Å². The van der Waals surface area contributed by atoms with E-state index in [1.807, 2.05) is 4.90 Å². The van der Waals surface area contributed by atoms with E-state index in [0.717, 1.165) is 37.5 Å². The highest BCUT2D eigenvalue weighted by Crippen LogP contribution is 2.51. The van der Waals surface area contributed by atoms with Crippen LogP contribution >= 0.6 is 0 Å². The molecule has 3 aromatic heterocycles. The summed E-state index contributed by atoms with van der Waals surface area (Å²) in [6.45, 7) is 6.44. The Balaban J connectivity index is 1.18. The van der Waals surface area contributed by atoms with Gasteiger partial charge in [0, 0.05) is 44.7 Å². The van der Waals surface area contributed by atoms with Crippen LogP contribution in [-0.4, -0.2) is 107 Å². The first-order chi connectivity index (χ1) is 22.2. The highest BCUT2D eigenvalue weighted by molar-refractivity contribution is 6.16. The summed E-state index contributed by atoms with van der Waals surface area (Å²) in [5.41, 5.74) is 7.36. The lowest BCUT2D eigenvalue weighted by molar-refractivity contribution is -0.153. The maximum absolute atomic E-state index is 15.2. The molecule has 0 radical (unpaired) electrons. The van der Waals surface area contributed by atoms with Gasteiger partial charge in [-0.1, -0.05) is 6.92 Å². The van der Waals surface area contributed by atoms with E-state index in [2.05, 4.69) is 37.1 Å². The third-order valence-corrected chi connectivity index (χ3v) is 8.99. The predicted molar refractivity (Wildman–Crippen MR) is 165 cm³/mol. The van der Waals surface area contributed by atoms with E-state index in [9.17, 15) is 9.59 Å². The van der Waals surface area contributed by atoms with Crippen molar-refractivity contribution in [3.05, 3.63) is 36.2 Å². The zero-order chi connectivity index (χ0) is 32.1. The fourth-order valence-corrected chi connectivity index (χ4v) is 6.48. The first-order valence-corrected chi connectivity index (χ1v) is 15.2. The van der Waals surface area contributed by atoms with Gasteiger partial charge in [-0.15, -0.1) is 0 Å². The Morgan fingerprint density at radius 2 is 1.91 bits per heavy atom. The van der Waals surface area contributed by atoms with Crippen LogP contribution in [-0.2, 0) is 14.3 Å². The molecular formula is C30H35FN10O5. The number of rotatable bonds is 8. The van der Waals surface area contributed by atoms with Crippen molar-refractivity contribution >= 4 is 45.5 Å². The van der Waals surface area contributed by atoms with Gasteiger partial charge in [0.25, 0.3) is 0 Å². The van der Waals surface area contributed by atoms with Gasteiger partial charge in [0.1, 0.15) is 23.1 Å². The van der Waals surface area contributed by atoms with Crippen LogP contribution in [0.25, 0.3) is 21.9 Å². The number of hydrogen-bond donors (Lipinski definition) is 3. The van der Waals surface area contributed by atoms with Crippen LogP contribution in [0.15, 0.2) is 24.5 Å². The molecule has 1 amide bonds. The first kappa shape index (κ1) is 30.0. The number of piperazine rings is 1. The number of amides is 1. The molecule has 4 atom stereocenters. The number of nitrogens with zero attached hydrogens (tertiary/aromatic N) is 7. The lowest BCUT2D eigenvalue weighted by Gasteiger charge is -2.26. The van der Waals surface area contributed by atoms with Crippen molar-refractivity contribution in [2.24, 2.45) is 11.7 Å². The average molecular weight is 635 g/mol. The number of esters is 1. The minimum Gasteiger partial charge on any atom is -0.427 e. The number of anilines is 2. The Morgan fingerprint density at radius 3 is 2.63 bits per heavy atom. The second-order valence-corrected chi connectivity index (χ2v) is 11.9. The number of carbonyl (C=O) groups is 2. The molecule has 1 aromatic carbocycles. The molecule has 7 rings (SSSR count). The Labute approximate surface area is 263 Å². The number of fused-ring (bicyclic) bond motifs is 4. The van der Waals surface area contributed by atoms with Gasteiger partial charge in [0.2, 0.25) is 6.79 Å². The quantitative estimate of drug-likeness (QED) is 0.146. The van der Waals surface area contributed by atoms with E-state index in [0.29, 0.717) is 39.3 Å². The van der Waals surface area contributed by atoms with Crippen LogP contribution in [0.4, 0.5) is 20.7 Å². The number of H-pyrrole nitrogens is 1. The number of aromatic amines is 1. The average Bonchev–Trinajstić information content (AvgIpc) is 3.50. The molecule has 15 nitrogen and oxygen atoms in total. The molecule has 1 unspecified atom stereocenters. The van der Waals surface area contributed by atoms with Gasteiger partial charge in [-0.2, -0.15) is 9.97 Å². The number of nitrogens with one attached hydrogen (secondary N) is 2.